The monoisotopic (exact) mass is 453 g/mol. The Bertz CT molecular complexity index is 957. The zero-order chi connectivity index (χ0) is 22.4. The summed E-state index contributed by atoms with van der Waals surface area (Å²) in [5.74, 6) is 2.35. The van der Waals surface area contributed by atoms with Crippen LogP contribution in [0.5, 0.6) is 11.5 Å². The smallest absolute Gasteiger partial charge is 0.163 e. The second-order valence-electron chi connectivity index (χ2n) is 11.4. The molecular weight excluding hydrogens is 418 g/mol. The van der Waals surface area contributed by atoms with E-state index in [0.717, 1.165) is 34.4 Å². The van der Waals surface area contributed by atoms with Crippen molar-refractivity contribution in [3.63, 3.8) is 0 Å². The van der Waals surface area contributed by atoms with E-state index in [1.54, 1.807) is 0 Å². The van der Waals surface area contributed by atoms with E-state index < -0.39 is 0 Å². The maximum atomic E-state index is 6.75. The number of ether oxygens (including phenoxy) is 2. The second kappa shape index (κ2) is 8.25. The predicted molar refractivity (Wildman–Crippen MR) is 130 cm³/mol. The highest BCUT2D eigenvalue weighted by Crippen LogP contribution is 2.66. The van der Waals surface area contributed by atoms with Crippen LogP contribution in [-0.2, 0) is 13.2 Å². The lowest BCUT2D eigenvalue weighted by atomic mass is 9.43. The van der Waals surface area contributed by atoms with Crippen LogP contribution >= 0.6 is 11.6 Å². The minimum absolute atomic E-state index is 0.250. The van der Waals surface area contributed by atoms with Crippen LogP contribution in [0.1, 0.15) is 70.4 Å². The van der Waals surface area contributed by atoms with E-state index in [2.05, 4.69) is 37.4 Å². The van der Waals surface area contributed by atoms with Crippen molar-refractivity contribution in [2.45, 2.75) is 78.0 Å². The van der Waals surface area contributed by atoms with Crippen LogP contribution < -0.4 is 14.8 Å². The zero-order valence-electron chi connectivity index (χ0n) is 19.7. The van der Waals surface area contributed by atoms with Crippen molar-refractivity contribution in [2.75, 3.05) is 6.61 Å². The molecule has 4 heteroatoms. The zero-order valence-corrected chi connectivity index (χ0v) is 20.4. The molecule has 4 aliphatic carbocycles. The molecule has 0 aliphatic heterocycles. The Balaban J connectivity index is 1.32. The van der Waals surface area contributed by atoms with Crippen LogP contribution in [0.15, 0.2) is 42.5 Å². The van der Waals surface area contributed by atoms with Crippen LogP contribution in [0.25, 0.3) is 0 Å². The van der Waals surface area contributed by atoms with Crippen molar-refractivity contribution < 1.29 is 9.47 Å². The van der Waals surface area contributed by atoms with Crippen LogP contribution in [-0.4, -0.2) is 12.1 Å². The first-order valence-electron chi connectivity index (χ1n) is 12.2. The topological polar surface area (TPSA) is 30.5 Å². The summed E-state index contributed by atoms with van der Waals surface area (Å²) < 4.78 is 12.0. The largest absolute Gasteiger partial charge is 0.490 e. The summed E-state index contributed by atoms with van der Waals surface area (Å²) in [4.78, 5) is 0. The van der Waals surface area contributed by atoms with E-state index in [9.17, 15) is 0 Å². The van der Waals surface area contributed by atoms with Gasteiger partial charge in [0.05, 0.1) is 6.61 Å². The molecule has 4 aliphatic rings. The molecule has 0 spiro atoms. The molecule has 2 aromatic carbocycles. The molecule has 4 bridgehead atoms. The molecule has 6 rings (SSSR count). The van der Waals surface area contributed by atoms with Crippen LogP contribution in [0.3, 0.4) is 0 Å². The lowest BCUT2D eigenvalue weighted by molar-refractivity contribution is -0.118. The molecule has 2 aromatic rings. The molecule has 172 valence electrons. The number of nitrogens with one attached hydrogen (secondary N) is 1. The summed E-state index contributed by atoms with van der Waals surface area (Å²) >= 11 is 6.75. The highest BCUT2D eigenvalue weighted by molar-refractivity contribution is 6.31. The van der Waals surface area contributed by atoms with Gasteiger partial charge in [0.15, 0.2) is 11.5 Å². The maximum Gasteiger partial charge on any atom is 0.163 e. The summed E-state index contributed by atoms with van der Waals surface area (Å²) in [6.45, 7) is 8.91. The van der Waals surface area contributed by atoms with Gasteiger partial charge in [0.1, 0.15) is 6.61 Å². The summed E-state index contributed by atoms with van der Waals surface area (Å²) in [6, 6.07) is 14.2. The first-order valence-corrected chi connectivity index (χ1v) is 12.5. The Morgan fingerprint density at radius 2 is 1.62 bits per heavy atom. The van der Waals surface area contributed by atoms with Gasteiger partial charge >= 0.3 is 0 Å². The Hall–Kier alpha value is -1.71. The van der Waals surface area contributed by atoms with Gasteiger partial charge in [-0.2, -0.15) is 0 Å². The number of rotatable bonds is 8. The molecule has 0 radical (unpaired) electrons. The van der Waals surface area contributed by atoms with Gasteiger partial charge in [-0.15, -0.1) is 0 Å². The SMILES string of the molecule is CCOc1cc(CNC23CC4CC(C)(CC(C)(C4)C2)C3)c(Cl)cc1OCc1ccccc1. The van der Waals surface area contributed by atoms with Crippen molar-refractivity contribution in [3.8, 4) is 11.5 Å². The minimum atomic E-state index is 0.250. The first kappa shape index (κ1) is 22.1. The molecule has 3 nitrogen and oxygen atoms in total. The van der Waals surface area contributed by atoms with Gasteiger partial charge < -0.3 is 14.8 Å². The number of benzene rings is 2. The first-order chi connectivity index (χ1) is 15.3. The van der Waals surface area contributed by atoms with Gasteiger partial charge in [-0.1, -0.05) is 55.8 Å². The molecule has 1 N–H and O–H groups in total. The summed E-state index contributed by atoms with van der Waals surface area (Å²) in [5.41, 5.74) is 3.46. The average Bonchev–Trinajstić information content (AvgIpc) is 2.71. The van der Waals surface area contributed by atoms with Crippen molar-refractivity contribution in [2.24, 2.45) is 16.7 Å². The summed E-state index contributed by atoms with van der Waals surface area (Å²) in [6.07, 6.45) is 8.11. The molecule has 0 aromatic heterocycles. The standard InChI is InChI=1S/C28H36ClNO2/c1-4-31-24-10-22(23(29)11-25(24)32-16-20-8-6-5-7-9-20)15-30-28-14-21-12-26(2,18-28)17-27(3,13-21)19-28/h5-11,21,30H,4,12-19H2,1-3H3. The molecule has 4 fully saturated rings. The lowest BCUT2D eigenvalue weighted by Crippen LogP contribution is -2.63. The Labute approximate surface area is 197 Å². The van der Waals surface area contributed by atoms with Gasteiger partial charge in [-0.3, -0.25) is 0 Å². The van der Waals surface area contributed by atoms with Crippen LogP contribution in [0.2, 0.25) is 5.02 Å². The fourth-order valence-electron chi connectivity index (χ4n) is 7.76. The van der Waals surface area contributed by atoms with E-state index in [-0.39, 0.29) is 5.54 Å². The van der Waals surface area contributed by atoms with Gasteiger partial charge in [0.25, 0.3) is 0 Å². The molecule has 2 unspecified atom stereocenters. The van der Waals surface area contributed by atoms with E-state index in [4.69, 9.17) is 21.1 Å². The van der Waals surface area contributed by atoms with E-state index in [1.807, 2.05) is 31.2 Å². The minimum Gasteiger partial charge on any atom is -0.490 e. The van der Waals surface area contributed by atoms with Crippen molar-refractivity contribution in [1.29, 1.82) is 0 Å². The van der Waals surface area contributed by atoms with Gasteiger partial charge in [-0.25, -0.2) is 0 Å². The predicted octanol–water partition coefficient (Wildman–Crippen LogP) is 7.16. The molecule has 2 atom stereocenters. The maximum absolute atomic E-state index is 6.75. The highest BCUT2D eigenvalue weighted by atomic mass is 35.5. The Morgan fingerprint density at radius 1 is 0.938 bits per heavy atom. The van der Waals surface area contributed by atoms with E-state index >= 15 is 0 Å². The third kappa shape index (κ3) is 4.39. The molecule has 0 saturated heterocycles. The van der Waals surface area contributed by atoms with Gasteiger partial charge in [0.2, 0.25) is 0 Å². The summed E-state index contributed by atoms with van der Waals surface area (Å²) in [7, 11) is 0. The van der Waals surface area contributed by atoms with Gasteiger partial charge in [-0.05, 0) is 79.4 Å². The number of halogens is 1. The van der Waals surface area contributed by atoms with Crippen molar-refractivity contribution >= 4 is 11.6 Å². The third-order valence-corrected chi connectivity index (χ3v) is 8.28. The van der Waals surface area contributed by atoms with Gasteiger partial charge in [0, 0.05) is 23.2 Å². The number of hydrogen-bond donors (Lipinski definition) is 1. The Morgan fingerprint density at radius 3 is 2.28 bits per heavy atom. The molecule has 4 saturated carbocycles. The summed E-state index contributed by atoms with van der Waals surface area (Å²) in [5, 5.41) is 4.74. The van der Waals surface area contributed by atoms with E-state index in [0.29, 0.717) is 29.8 Å². The molecule has 0 heterocycles. The normalized spacial score (nSPS) is 32.8. The van der Waals surface area contributed by atoms with E-state index in [1.165, 1.54) is 38.5 Å². The fraction of sp³-hybridized carbons (Fsp3) is 0.571. The highest BCUT2D eigenvalue weighted by Gasteiger charge is 2.59. The van der Waals surface area contributed by atoms with Crippen LogP contribution in [0, 0.1) is 16.7 Å². The van der Waals surface area contributed by atoms with Crippen molar-refractivity contribution in [1.82, 2.24) is 5.32 Å². The Kier molecular flexibility index (Phi) is 5.70. The molecular formula is C28H36ClNO2. The van der Waals surface area contributed by atoms with Crippen molar-refractivity contribution in [3.05, 3.63) is 58.6 Å². The quantitative estimate of drug-likeness (QED) is 0.460. The fourth-order valence-corrected chi connectivity index (χ4v) is 7.98. The average molecular weight is 454 g/mol. The molecule has 32 heavy (non-hydrogen) atoms. The molecule has 0 amide bonds. The third-order valence-electron chi connectivity index (χ3n) is 7.93. The second-order valence-corrected chi connectivity index (χ2v) is 11.8. The van der Waals surface area contributed by atoms with Crippen LogP contribution in [0.4, 0.5) is 0 Å². The number of hydrogen-bond acceptors (Lipinski definition) is 3. The lowest BCUT2D eigenvalue weighted by Gasteiger charge is -2.65.